The summed E-state index contributed by atoms with van der Waals surface area (Å²) in [6, 6.07) is 9.34. The fraction of sp³-hybridized carbons (Fsp3) is 0.607. The average molecular weight is 470 g/mol. The number of amides is 1. The molecule has 1 aromatic carbocycles. The summed E-state index contributed by atoms with van der Waals surface area (Å²) in [5.41, 5.74) is -3.04. The lowest BCUT2D eigenvalue weighted by molar-refractivity contribution is -0.211. The average Bonchev–Trinajstić information content (AvgIpc) is 3.05. The third-order valence-corrected chi connectivity index (χ3v) is 8.68. The van der Waals surface area contributed by atoms with E-state index in [1.807, 2.05) is 56.3 Å². The Morgan fingerprint density at radius 1 is 1.06 bits per heavy atom. The molecule has 1 unspecified atom stereocenters. The lowest BCUT2D eigenvalue weighted by atomic mass is 9.48. The minimum Gasteiger partial charge on any atom is -0.392 e. The Hall–Kier alpha value is -1.99. The number of aliphatic hydroxyl groups is 4. The van der Waals surface area contributed by atoms with Gasteiger partial charge >= 0.3 is 0 Å². The van der Waals surface area contributed by atoms with E-state index >= 15 is 0 Å². The minimum absolute atomic E-state index is 0.169. The maximum Gasteiger partial charge on any atom is 0.230 e. The van der Waals surface area contributed by atoms with E-state index in [9.17, 15) is 25.2 Å². The van der Waals surface area contributed by atoms with Gasteiger partial charge in [-0.3, -0.25) is 4.79 Å². The van der Waals surface area contributed by atoms with E-state index in [4.69, 9.17) is 0 Å². The molecule has 1 saturated heterocycles. The van der Waals surface area contributed by atoms with Crippen molar-refractivity contribution < 1.29 is 25.2 Å². The highest BCUT2D eigenvalue weighted by molar-refractivity contribution is 5.88. The molecule has 10 atom stereocenters. The van der Waals surface area contributed by atoms with Crippen LogP contribution in [0.5, 0.6) is 0 Å². The summed E-state index contributed by atoms with van der Waals surface area (Å²) >= 11 is 0. The normalized spacial score (nSPS) is 48.7. The first-order valence-electron chi connectivity index (χ1n) is 12.4. The number of rotatable bonds is 2. The smallest absolute Gasteiger partial charge is 0.230 e. The molecule has 6 nitrogen and oxygen atoms in total. The number of nitrogens with one attached hydrogen (secondary N) is 1. The van der Waals surface area contributed by atoms with Gasteiger partial charge in [0.15, 0.2) is 0 Å². The van der Waals surface area contributed by atoms with Crippen molar-refractivity contribution in [2.45, 2.75) is 76.4 Å². The van der Waals surface area contributed by atoms with Crippen molar-refractivity contribution in [1.29, 1.82) is 0 Å². The van der Waals surface area contributed by atoms with E-state index in [1.165, 1.54) is 6.08 Å². The Balaban J connectivity index is 1.89. The molecule has 6 heteroatoms. The summed E-state index contributed by atoms with van der Waals surface area (Å²) in [5.74, 6) is -2.08. The molecule has 2 aliphatic carbocycles. The van der Waals surface area contributed by atoms with Crippen molar-refractivity contribution in [1.82, 2.24) is 5.32 Å². The quantitative estimate of drug-likeness (QED) is 0.427. The fourth-order valence-electron chi connectivity index (χ4n) is 6.92. The summed E-state index contributed by atoms with van der Waals surface area (Å²) in [7, 11) is 0. The lowest BCUT2D eigenvalue weighted by Gasteiger charge is -2.57. The highest BCUT2D eigenvalue weighted by Crippen LogP contribution is 2.59. The van der Waals surface area contributed by atoms with Crippen LogP contribution in [0.25, 0.3) is 0 Å². The zero-order valence-corrected chi connectivity index (χ0v) is 20.6. The molecule has 2 fully saturated rings. The maximum absolute atomic E-state index is 13.9. The van der Waals surface area contributed by atoms with Crippen LogP contribution in [0.3, 0.4) is 0 Å². The van der Waals surface area contributed by atoms with Gasteiger partial charge in [0, 0.05) is 23.8 Å². The first kappa shape index (κ1) is 25.1. The summed E-state index contributed by atoms with van der Waals surface area (Å²) in [5, 5.41) is 48.9. The SMILES string of the molecule is C[C@H]1C/C=C/[C@H]2[C@H](O)[C@H](C)[C@@](C)(O)[C@H]3[C@H](Cc4ccccc4)NC(=O)C23[C@H](O)/C=C/[C@](C)(O)C1. The largest absolute Gasteiger partial charge is 0.392 e. The highest BCUT2D eigenvalue weighted by Gasteiger charge is 2.72. The molecular weight excluding hydrogens is 430 g/mol. The molecule has 186 valence electrons. The predicted octanol–water partition coefficient (Wildman–Crippen LogP) is 2.36. The van der Waals surface area contributed by atoms with E-state index in [-0.39, 0.29) is 11.8 Å². The van der Waals surface area contributed by atoms with Crippen molar-refractivity contribution in [3.63, 3.8) is 0 Å². The van der Waals surface area contributed by atoms with Gasteiger partial charge in [-0.2, -0.15) is 0 Å². The molecule has 3 aliphatic rings. The van der Waals surface area contributed by atoms with Crippen LogP contribution >= 0.6 is 0 Å². The second-order valence-electron chi connectivity index (χ2n) is 11.3. The molecule has 4 rings (SSSR count). The number of carbonyl (C=O) groups excluding carboxylic acids is 1. The zero-order valence-electron chi connectivity index (χ0n) is 20.6. The van der Waals surface area contributed by atoms with Gasteiger partial charge in [-0.25, -0.2) is 0 Å². The summed E-state index contributed by atoms with van der Waals surface area (Å²) in [6.45, 7) is 7.22. The zero-order chi connectivity index (χ0) is 24.9. The Bertz CT molecular complexity index is 955. The van der Waals surface area contributed by atoms with Gasteiger partial charge < -0.3 is 25.7 Å². The number of allylic oxidation sites excluding steroid dienone is 1. The van der Waals surface area contributed by atoms with Crippen LogP contribution in [0.2, 0.25) is 0 Å². The Kier molecular flexibility index (Phi) is 6.58. The summed E-state index contributed by atoms with van der Waals surface area (Å²) in [4.78, 5) is 13.9. The third kappa shape index (κ3) is 4.05. The van der Waals surface area contributed by atoms with E-state index in [1.54, 1.807) is 19.9 Å². The number of benzene rings is 1. The van der Waals surface area contributed by atoms with Crippen LogP contribution in [0.4, 0.5) is 0 Å². The van der Waals surface area contributed by atoms with Crippen LogP contribution in [-0.2, 0) is 11.2 Å². The predicted molar refractivity (Wildman–Crippen MR) is 131 cm³/mol. The molecule has 1 heterocycles. The van der Waals surface area contributed by atoms with Crippen LogP contribution in [0.1, 0.15) is 46.1 Å². The summed E-state index contributed by atoms with van der Waals surface area (Å²) < 4.78 is 0. The molecule has 5 N–H and O–H groups in total. The first-order chi connectivity index (χ1) is 15.9. The van der Waals surface area contributed by atoms with Crippen LogP contribution < -0.4 is 5.32 Å². The molecule has 0 aromatic heterocycles. The minimum atomic E-state index is -1.48. The summed E-state index contributed by atoms with van der Waals surface area (Å²) in [6.07, 6.45) is 6.22. The first-order valence-corrected chi connectivity index (χ1v) is 12.4. The molecule has 1 aromatic rings. The van der Waals surface area contributed by atoms with Gasteiger partial charge in [0.1, 0.15) is 0 Å². The number of aliphatic hydroxyl groups excluding tert-OH is 2. The van der Waals surface area contributed by atoms with Crippen molar-refractivity contribution in [2.75, 3.05) is 0 Å². The molecule has 0 radical (unpaired) electrons. The number of carbonyl (C=O) groups is 1. The Morgan fingerprint density at radius 2 is 1.74 bits per heavy atom. The molecule has 0 bridgehead atoms. The van der Waals surface area contributed by atoms with Crippen LogP contribution in [0, 0.1) is 29.1 Å². The number of hydrogen-bond acceptors (Lipinski definition) is 5. The second-order valence-corrected chi connectivity index (χ2v) is 11.3. The monoisotopic (exact) mass is 469 g/mol. The standard InChI is InChI=1S/C28H39NO5/c1-17-9-8-12-20-23(31)18(2)27(4,34)24-21(15-19-10-6-5-7-11-19)29-25(32)28(20,24)22(30)13-14-26(3,33)16-17/h5-8,10-14,17-18,20-24,30-31,33-34H,9,15-16H2,1-4H3,(H,29,32)/b12-8+,14-13+/t17-,18-,20-,21-,22+,23+,24+,26-,27+,28?/m0/s1. The van der Waals surface area contributed by atoms with E-state index in [2.05, 4.69) is 5.32 Å². The topological polar surface area (TPSA) is 110 Å². The Morgan fingerprint density at radius 3 is 2.41 bits per heavy atom. The molecular formula is C28H39NO5. The Labute approximate surface area is 202 Å². The van der Waals surface area contributed by atoms with Gasteiger partial charge in [0.2, 0.25) is 5.91 Å². The maximum atomic E-state index is 13.9. The van der Waals surface area contributed by atoms with E-state index < -0.39 is 52.6 Å². The molecule has 1 amide bonds. The number of hydrogen-bond donors (Lipinski definition) is 5. The van der Waals surface area contributed by atoms with Gasteiger partial charge in [-0.1, -0.05) is 68.5 Å². The van der Waals surface area contributed by atoms with Crippen molar-refractivity contribution in [2.24, 2.45) is 29.1 Å². The van der Waals surface area contributed by atoms with E-state index in [0.717, 1.165) is 5.56 Å². The van der Waals surface area contributed by atoms with Gasteiger partial charge in [-0.05, 0) is 44.6 Å². The lowest BCUT2D eigenvalue weighted by Crippen LogP contribution is -2.68. The van der Waals surface area contributed by atoms with E-state index in [0.29, 0.717) is 19.3 Å². The second kappa shape index (κ2) is 8.90. The van der Waals surface area contributed by atoms with Gasteiger partial charge in [0.05, 0.1) is 28.8 Å². The van der Waals surface area contributed by atoms with Crippen LogP contribution in [0.15, 0.2) is 54.6 Å². The molecule has 34 heavy (non-hydrogen) atoms. The molecule has 1 aliphatic heterocycles. The van der Waals surface area contributed by atoms with Gasteiger partial charge in [-0.15, -0.1) is 0 Å². The molecule has 1 saturated carbocycles. The fourth-order valence-corrected chi connectivity index (χ4v) is 6.92. The van der Waals surface area contributed by atoms with Crippen molar-refractivity contribution in [3.8, 4) is 0 Å². The van der Waals surface area contributed by atoms with Crippen molar-refractivity contribution >= 4 is 5.91 Å². The van der Waals surface area contributed by atoms with Crippen molar-refractivity contribution in [3.05, 3.63) is 60.2 Å². The third-order valence-electron chi connectivity index (χ3n) is 8.68. The van der Waals surface area contributed by atoms with Crippen LogP contribution in [-0.4, -0.2) is 55.8 Å². The molecule has 1 spiro atoms. The van der Waals surface area contributed by atoms with Gasteiger partial charge in [0.25, 0.3) is 0 Å². The highest BCUT2D eigenvalue weighted by atomic mass is 16.3.